The molecule has 204 valence electrons. The molecule has 4 aromatic carbocycles. The van der Waals surface area contributed by atoms with Crippen molar-refractivity contribution in [2.45, 2.75) is 20.8 Å². The first-order chi connectivity index (χ1) is 20.8. The molecule has 0 spiro atoms. The quantitative estimate of drug-likeness (QED) is 0.161. The number of hydrogen-bond donors (Lipinski definition) is 0. The van der Waals surface area contributed by atoms with Gasteiger partial charge in [-0.3, -0.25) is 9.56 Å². The number of hydrogen-bond acceptors (Lipinski definition) is 2. The molecule has 0 atom stereocenters. The molecular weight excluding hydrogens is 512 g/mol. The topological polar surface area (TPSA) is 34.6 Å². The van der Waals surface area contributed by atoms with Gasteiger partial charge in [-0.2, -0.15) is 0 Å². The summed E-state index contributed by atoms with van der Waals surface area (Å²) in [5.41, 5.74) is 7.88. The summed E-state index contributed by atoms with van der Waals surface area (Å²) in [6.07, 6.45) is 3.92. The van der Waals surface area contributed by atoms with Crippen molar-refractivity contribution < 1.29 is 0 Å². The number of benzene rings is 4. The second-order valence-electron chi connectivity index (χ2n) is 10.2. The van der Waals surface area contributed by atoms with Crippen LogP contribution in [0.4, 0.5) is 0 Å². The second-order valence-corrected chi connectivity index (χ2v) is 10.2. The summed E-state index contributed by atoms with van der Waals surface area (Å²) in [4.78, 5) is 9.36. The lowest BCUT2D eigenvalue weighted by atomic mass is 9.99. The van der Waals surface area contributed by atoms with Crippen LogP contribution >= 0.6 is 0 Å². The highest BCUT2D eigenvalue weighted by molar-refractivity contribution is 6.31. The lowest BCUT2D eigenvalue weighted by molar-refractivity contribution is 1.07. The summed E-state index contributed by atoms with van der Waals surface area (Å²) >= 11 is 0. The molecule has 4 heterocycles. The molecule has 0 bridgehead atoms. The summed E-state index contributed by atoms with van der Waals surface area (Å²) in [6.45, 7) is 6.02. The predicted octanol–water partition coefficient (Wildman–Crippen LogP) is 10.0. The Morgan fingerprint density at radius 1 is 0.643 bits per heavy atom. The standard InChI is InChI=1S/C36H26N4.C2H6/c1-3-23(22-37-2)28-14-10-18-34(38-28)40-31-17-9-6-13-26(31)36-32(40)20-19-27-33-21-24-11-4-7-15-29(24)39(33)30-16-8-5-12-25(30)35(27)36;1-2/h3-22H,1-2H3;1-2H3/b23-3+,37-22?;. The molecule has 0 N–H and O–H groups in total. The maximum Gasteiger partial charge on any atom is 0.138 e. The predicted molar refractivity (Wildman–Crippen MR) is 181 cm³/mol. The Balaban J connectivity index is 0.00000141. The summed E-state index contributed by atoms with van der Waals surface area (Å²) in [5.74, 6) is 0.894. The number of fused-ring (bicyclic) bond motifs is 12. The SMILES string of the molecule is C/C=C(\C=NC)c1cccc(-n2c3ccccc3c3c4c5ccccc5n5c6ccccc6cc5c4ccc32)n1.CC. The van der Waals surface area contributed by atoms with Gasteiger partial charge in [0.15, 0.2) is 0 Å². The smallest absolute Gasteiger partial charge is 0.138 e. The zero-order chi connectivity index (χ0) is 28.8. The van der Waals surface area contributed by atoms with Gasteiger partial charge in [0.2, 0.25) is 0 Å². The summed E-state index contributed by atoms with van der Waals surface area (Å²) in [6, 6.07) is 39.2. The molecule has 8 rings (SSSR count). The number of pyridine rings is 2. The van der Waals surface area contributed by atoms with Crippen LogP contribution in [0.3, 0.4) is 0 Å². The molecule has 0 radical (unpaired) electrons. The fourth-order valence-corrected chi connectivity index (χ4v) is 6.43. The van der Waals surface area contributed by atoms with Crippen LogP contribution < -0.4 is 0 Å². The van der Waals surface area contributed by atoms with E-state index < -0.39 is 0 Å². The molecule has 0 unspecified atom stereocenters. The van der Waals surface area contributed by atoms with E-state index in [0.717, 1.165) is 28.1 Å². The molecule has 0 saturated carbocycles. The van der Waals surface area contributed by atoms with Crippen LogP contribution in [0.2, 0.25) is 0 Å². The van der Waals surface area contributed by atoms with Crippen LogP contribution in [0.5, 0.6) is 0 Å². The van der Waals surface area contributed by atoms with Gasteiger partial charge in [0.1, 0.15) is 5.82 Å². The minimum Gasteiger partial charge on any atom is -0.309 e. The van der Waals surface area contributed by atoms with Crippen molar-refractivity contribution >= 4 is 71.7 Å². The van der Waals surface area contributed by atoms with Crippen LogP contribution in [-0.2, 0) is 0 Å². The third kappa shape index (κ3) is 3.68. The molecular formula is C38H32N4. The molecule has 0 aliphatic heterocycles. The number of rotatable bonds is 3. The maximum absolute atomic E-state index is 5.13. The number of nitrogens with zero attached hydrogens (tertiary/aromatic N) is 4. The minimum atomic E-state index is 0.894. The van der Waals surface area contributed by atoms with Crippen molar-refractivity contribution in [3.63, 3.8) is 0 Å². The first-order valence-corrected chi connectivity index (χ1v) is 14.6. The highest BCUT2D eigenvalue weighted by Gasteiger charge is 2.20. The van der Waals surface area contributed by atoms with E-state index in [2.05, 4.69) is 123 Å². The van der Waals surface area contributed by atoms with Gasteiger partial charge < -0.3 is 4.40 Å². The van der Waals surface area contributed by atoms with Gasteiger partial charge in [-0.15, -0.1) is 0 Å². The molecule has 0 saturated heterocycles. The van der Waals surface area contributed by atoms with Crippen molar-refractivity contribution in [2.24, 2.45) is 4.99 Å². The molecule has 0 aliphatic carbocycles. The molecule has 42 heavy (non-hydrogen) atoms. The van der Waals surface area contributed by atoms with E-state index >= 15 is 0 Å². The fraction of sp³-hybridized carbons (Fsp3) is 0.105. The number of para-hydroxylation sites is 3. The Kier molecular flexibility index (Phi) is 6.32. The number of allylic oxidation sites excluding steroid dienone is 2. The van der Waals surface area contributed by atoms with E-state index in [4.69, 9.17) is 4.98 Å². The van der Waals surface area contributed by atoms with E-state index in [9.17, 15) is 0 Å². The zero-order valence-corrected chi connectivity index (χ0v) is 24.3. The minimum absolute atomic E-state index is 0.894. The lowest BCUT2D eigenvalue weighted by Gasteiger charge is -2.12. The molecule has 4 aromatic heterocycles. The highest BCUT2D eigenvalue weighted by atomic mass is 15.1. The van der Waals surface area contributed by atoms with Gasteiger partial charge in [0.25, 0.3) is 0 Å². The monoisotopic (exact) mass is 544 g/mol. The maximum atomic E-state index is 5.13. The van der Waals surface area contributed by atoms with Crippen molar-refractivity contribution in [2.75, 3.05) is 7.05 Å². The van der Waals surface area contributed by atoms with Crippen LogP contribution in [0.25, 0.3) is 71.3 Å². The Hall–Kier alpha value is -5.22. The molecule has 4 heteroatoms. The average Bonchev–Trinajstić information content (AvgIpc) is 3.61. The fourth-order valence-electron chi connectivity index (χ4n) is 6.43. The van der Waals surface area contributed by atoms with Crippen molar-refractivity contribution in [1.82, 2.24) is 14.0 Å². The van der Waals surface area contributed by atoms with Gasteiger partial charge in [-0.1, -0.05) is 86.7 Å². The van der Waals surface area contributed by atoms with Crippen LogP contribution in [0, 0.1) is 0 Å². The van der Waals surface area contributed by atoms with Gasteiger partial charge in [-0.05, 0) is 49.4 Å². The van der Waals surface area contributed by atoms with E-state index in [-0.39, 0.29) is 0 Å². The zero-order valence-electron chi connectivity index (χ0n) is 24.3. The van der Waals surface area contributed by atoms with Crippen molar-refractivity contribution in [1.29, 1.82) is 0 Å². The highest BCUT2D eigenvalue weighted by Crippen LogP contribution is 2.42. The molecule has 8 aromatic rings. The molecule has 0 fully saturated rings. The van der Waals surface area contributed by atoms with E-state index in [1.54, 1.807) is 7.05 Å². The van der Waals surface area contributed by atoms with Gasteiger partial charge in [0.05, 0.1) is 33.3 Å². The average molecular weight is 545 g/mol. The van der Waals surface area contributed by atoms with Crippen molar-refractivity contribution in [3.05, 3.63) is 121 Å². The van der Waals surface area contributed by atoms with Gasteiger partial charge in [-0.25, -0.2) is 4.98 Å². The van der Waals surface area contributed by atoms with Crippen LogP contribution in [0.15, 0.2) is 120 Å². The summed E-state index contributed by atoms with van der Waals surface area (Å²) in [5, 5.41) is 7.51. The Morgan fingerprint density at radius 2 is 1.31 bits per heavy atom. The van der Waals surface area contributed by atoms with E-state index in [1.165, 1.54) is 48.9 Å². The molecule has 0 amide bonds. The van der Waals surface area contributed by atoms with Gasteiger partial charge >= 0.3 is 0 Å². The van der Waals surface area contributed by atoms with E-state index in [1.807, 2.05) is 33.1 Å². The summed E-state index contributed by atoms with van der Waals surface area (Å²) in [7, 11) is 1.79. The third-order valence-corrected chi connectivity index (χ3v) is 8.08. The lowest BCUT2D eigenvalue weighted by Crippen LogP contribution is -2.00. The third-order valence-electron chi connectivity index (χ3n) is 8.08. The largest absolute Gasteiger partial charge is 0.309 e. The first kappa shape index (κ1) is 25.7. The first-order valence-electron chi connectivity index (χ1n) is 14.6. The number of aliphatic imine (C=N–C) groups is 1. The second kappa shape index (κ2) is 10.3. The molecule has 4 nitrogen and oxygen atoms in total. The molecule has 0 aliphatic rings. The van der Waals surface area contributed by atoms with Crippen molar-refractivity contribution in [3.8, 4) is 5.82 Å². The number of aromatic nitrogens is 3. The Morgan fingerprint density at radius 3 is 2.07 bits per heavy atom. The normalized spacial score (nSPS) is 12.3. The van der Waals surface area contributed by atoms with Crippen LogP contribution in [0.1, 0.15) is 26.5 Å². The Labute approximate surface area is 244 Å². The van der Waals surface area contributed by atoms with Gasteiger partial charge in [0, 0.05) is 51.2 Å². The summed E-state index contributed by atoms with van der Waals surface area (Å²) < 4.78 is 4.72. The Bertz CT molecular complexity index is 2350. The van der Waals surface area contributed by atoms with E-state index in [0.29, 0.717) is 0 Å². The van der Waals surface area contributed by atoms with Crippen LogP contribution in [-0.4, -0.2) is 27.2 Å².